The first-order valence-corrected chi connectivity index (χ1v) is 25.9. The van der Waals surface area contributed by atoms with Gasteiger partial charge in [-0.1, -0.05) is 204 Å². The van der Waals surface area contributed by atoms with Crippen molar-refractivity contribution in [2.24, 2.45) is 0 Å². The molecule has 1 amide bonds. The maximum atomic E-state index is 13.0. The van der Waals surface area contributed by atoms with Crippen molar-refractivity contribution in [1.29, 1.82) is 0 Å². The summed E-state index contributed by atoms with van der Waals surface area (Å²) in [4.78, 5) is 13.0. The van der Waals surface area contributed by atoms with E-state index in [0.717, 1.165) is 64.2 Å². The lowest BCUT2D eigenvalue weighted by molar-refractivity contribution is -0.302. The molecule has 0 aromatic rings. The van der Waals surface area contributed by atoms with Crippen molar-refractivity contribution < 1.29 is 39.8 Å². The Morgan fingerprint density at radius 1 is 0.548 bits per heavy atom. The molecule has 362 valence electrons. The van der Waals surface area contributed by atoms with Crippen LogP contribution in [-0.4, -0.2) is 87.5 Å². The van der Waals surface area contributed by atoms with E-state index >= 15 is 0 Å². The number of unbranched alkanes of at least 4 members (excludes halogenated alkanes) is 27. The van der Waals surface area contributed by atoms with E-state index in [1.54, 1.807) is 6.08 Å². The highest BCUT2D eigenvalue weighted by atomic mass is 16.7. The summed E-state index contributed by atoms with van der Waals surface area (Å²) in [6.07, 6.45) is 48.8. The lowest BCUT2D eigenvalue weighted by atomic mass is 9.99. The molecule has 62 heavy (non-hydrogen) atoms. The van der Waals surface area contributed by atoms with Gasteiger partial charge in [0.25, 0.3) is 0 Å². The molecule has 0 aliphatic carbocycles. The SMILES string of the molecule is CCCCC/C=C\C/C=C\CCCCCCCC(=O)NC(COC1OC(CO)C(O)C(O)C1O)C(O)/C=C/CC/C=C/CCCCCCCCCCCCCCCCCCCC. The van der Waals surface area contributed by atoms with Gasteiger partial charge in [-0.25, -0.2) is 0 Å². The van der Waals surface area contributed by atoms with E-state index in [1.807, 2.05) is 6.08 Å². The first-order chi connectivity index (χ1) is 30.3. The Morgan fingerprint density at radius 3 is 1.48 bits per heavy atom. The van der Waals surface area contributed by atoms with E-state index in [1.165, 1.54) is 141 Å². The minimum atomic E-state index is -1.58. The number of carbonyl (C=O) groups excluding carboxylic acids is 1. The second-order valence-electron chi connectivity index (χ2n) is 18.0. The number of hydrogen-bond donors (Lipinski definition) is 6. The summed E-state index contributed by atoms with van der Waals surface area (Å²) < 4.78 is 11.2. The van der Waals surface area contributed by atoms with E-state index < -0.39 is 49.5 Å². The Bertz CT molecular complexity index is 1110. The minimum Gasteiger partial charge on any atom is -0.394 e. The summed E-state index contributed by atoms with van der Waals surface area (Å²) in [6.45, 7) is 3.73. The summed E-state index contributed by atoms with van der Waals surface area (Å²) in [5.74, 6) is -0.201. The highest BCUT2D eigenvalue weighted by Gasteiger charge is 2.44. The average molecular weight is 876 g/mol. The number of aliphatic hydroxyl groups is 5. The van der Waals surface area contributed by atoms with E-state index in [2.05, 4.69) is 55.6 Å². The fourth-order valence-corrected chi connectivity index (χ4v) is 7.97. The molecule has 0 spiro atoms. The molecule has 1 saturated heterocycles. The lowest BCUT2D eigenvalue weighted by Gasteiger charge is -2.40. The molecule has 7 unspecified atom stereocenters. The number of aliphatic hydroxyl groups excluding tert-OH is 5. The van der Waals surface area contributed by atoms with Gasteiger partial charge >= 0.3 is 0 Å². The van der Waals surface area contributed by atoms with Crippen LogP contribution in [0.3, 0.4) is 0 Å². The summed E-state index contributed by atoms with van der Waals surface area (Å²) in [7, 11) is 0. The number of nitrogens with one attached hydrogen (secondary N) is 1. The molecule has 7 atom stereocenters. The molecule has 0 radical (unpaired) electrons. The number of ether oxygens (including phenoxy) is 2. The van der Waals surface area contributed by atoms with Crippen LogP contribution in [0.2, 0.25) is 0 Å². The molecule has 0 aromatic heterocycles. The van der Waals surface area contributed by atoms with Crippen LogP contribution in [0.5, 0.6) is 0 Å². The predicted molar refractivity (Wildman–Crippen MR) is 258 cm³/mol. The molecule has 1 aliphatic rings. The van der Waals surface area contributed by atoms with Gasteiger partial charge in [-0.2, -0.15) is 0 Å². The van der Waals surface area contributed by atoms with Gasteiger partial charge < -0.3 is 40.3 Å². The van der Waals surface area contributed by atoms with E-state index in [0.29, 0.717) is 6.42 Å². The second-order valence-corrected chi connectivity index (χ2v) is 18.0. The quantitative estimate of drug-likeness (QED) is 0.0262. The van der Waals surface area contributed by atoms with E-state index in [-0.39, 0.29) is 12.5 Å². The summed E-state index contributed by atoms with van der Waals surface area (Å²) in [6, 6.07) is -0.829. The van der Waals surface area contributed by atoms with Gasteiger partial charge in [0, 0.05) is 6.42 Å². The Kier molecular flexibility index (Phi) is 40.4. The van der Waals surface area contributed by atoms with Gasteiger partial charge in [0.2, 0.25) is 5.91 Å². The fraction of sp³-hybridized carbons (Fsp3) is 0.830. The summed E-state index contributed by atoms with van der Waals surface area (Å²) in [5, 5.41) is 54.3. The molecular formula is C53H97NO8. The third-order valence-corrected chi connectivity index (χ3v) is 12.1. The largest absolute Gasteiger partial charge is 0.394 e. The number of rotatable bonds is 43. The van der Waals surface area contributed by atoms with Gasteiger partial charge in [-0.3, -0.25) is 4.79 Å². The van der Waals surface area contributed by atoms with Crippen molar-refractivity contribution in [1.82, 2.24) is 5.32 Å². The van der Waals surface area contributed by atoms with Crippen LogP contribution in [0.1, 0.15) is 226 Å². The minimum absolute atomic E-state index is 0.201. The van der Waals surface area contributed by atoms with Gasteiger partial charge in [-0.05, 0) is 64.2 Å². The van der Waals surface area contributed by atoms with Gasteiger partial charge in [0.1, 0.15) is 24.4 Å². The molecular weight excluding hydrogens is 779 g/mol. The van der Waals surface area contributed by atoms with Crippen molar-refractivity contribution in [3.63, 3.8) is 0 Å². The normalized spacial score (nSPS) is 20.7. The van der Waals surface area contributed by atoms with Crippen LogP contribution in [0, 0.1) is 0 Å². The average Bonchev–Trinajstić information content (AvgIpc) is 3.27. The van der Waals surface area contributed by atoms with Gasteiger partial charge in [0.05, 0.1) is 25.4 Å². The molecule has 0 aromatic carbocycles. The van der Waals surface area contributed by atoms with Crippen LogP contribution < -0.4 is 5.32 Å². The molecule has 0 bridgehead atoms. The summed E-state index contributed by atoms with van der Waals surface area (Å²) in [5.41, 5.74) is 0. The Hall–Kier alpha value is -1.85. The predicted octanol–water partition coefficient (Wildman–Crippen LogP) is 11.8. The van der Waals surface area contributed by atoms with Crippen molar-refractivity contribution in [3.05, 3.63) is 48.6 Å². The van der Waals surface area contributed by atoms with Gasteiger partial charge in [-0.15, -0.1) is 0 Å². The van der Waals surface area contributed by atoms with Crippen molar-refractivity contribution in [2.45, 2.75) is 269 Å². The molecule has 1 rings (SSSR count). The Labute approximate surface area is 380 Å². The highest BCUT2D eigenvalue weighted by Crippen LogP contribution is 2.23. The van der Waals surface area contributed by atoms with Crippen molar-refractivity contribution in [2.75, 3.05) is 13.2 Å². The van der Waals surface area contributed by atoms with Crippen LogP contribution in [0.4, 0.5) is 0 Å². The van der Waals surface area contributed by atoms with E-state index in [9.17, 15) is 30.3 Å². The molecule has 1 fully saturated rings. The van der Waals surface area contributed by atoms with Crippen molar-refractivity contribution in [3.8, 4) is 0 Å². The molecule has 1 heterocycles. The lowest BCUT2D eigenvalue weighted by Crippen LogP contribution is -2.60. The standard InChI is InChI=1S/C53H97NO8/c1-3-5-7-9-11-13-15-17-19-20-21-22-23-24-25-26-27-29-30-32-34-36-38-40-42-47(56)46(45-61-53-52(60)51(59)50(58)48(44-55)62-53)54-49(57)43-41-39-37-35-33-31-28-18-16-14-12-10-8-6-4-2/h12,14,18,28,32,34,40,42,46-48,50-53,55-56,58-60H,3-11,13,15-17,19-27,29-31,33,35-39,41,43-45H2,1-2H3,(H,54,57)/b14-12-,28-18-,34-32+,42-40+. The van der Waals surface area contributed by atoms with Crippen LogP contribution in [-0.2, 0) is 14.3 Å². The smallest absolute Gasteiger partial charge is 0.220 e. The number of allylic oxidation sites excluding steroid dienone is 7. The molecule has 0 saturated carbocycles. The fourth-order valence-electron chi connectivity index (χ4n) is 7.97. The third kappa shape index (κ3) is 32.8. The zero-order valence-corrected chi connectivity index (χ0v) is 39.9. The van der Waals surface area contributed by atoms with E-state index in [4.69, 9.17) is 9.47 Å². The number of hydrogen-bond acceptors (Lipinski definition) is 8. The Balaban J connectivity index is 2.31. The maximum absolute atomic E-state index is 13.0. The topological polar surface area (TPSA) is 149 Å². The second kappa shape index (κ2) is 43.1. The first-order valence-electron chi connectivity index (χ1n) is 25.9. The monoisotopic (exact) mass is 876 g/mol. The van der Waals surface area contributed by atoms with Crippen LogP contribution >= 0.6 is 0 Å². The van der Waals surface area contributed by atoms with Crippen LogP contribution in [0.15, 0.2) is 48.6 Å². The molecule has 6 N–H and O–H groups in total. The van der Waals surface area contributed by atoms with Gasteiger partial charge in [0.15, 0.2) is 6.29 Å². The summed E-state index contributed by atoms with van der Waals surface area (Å²) >= 11 is 0. The zero-order chi connectivity index (χ0) is 45.1. The number of carbonyl (C=O) groups is 1. The van der Waals surface area contributed by atoms with Crippen LogP contribution in [0.25, 0.3) is 0 Å². The third-order valence-electron chi connectivity index (χ3n) is 12.1. The Morgan fingerprint density at radius 2 is 0.968 bits per heavy atom. The first kappa shape index (κ1) is 58.2. The molecule has 9 heteroatoms. The molecule has 1 aliphatic heterocycles. The zero-order valence-electron chi connectivity index (χ0n) is 39.9. The maximum Gasteiger partial charge on any atom is 0.220 e. The highest BCUT2D eigenvalue weighted by molar-refractivity contribution is 5.76. The molecule has 9 nitrogen and oxygen atoms in total. The number of amides is 1. The van der Waals surface area contributed by atoms with Crippen molar-refractivity contribution >= 4 is 5.91 Å².